The second kappa shape index (κ2) is 11.8. The summed E-state index contributed by atoms with van der Waals surface area (Å²) < 4.78 is 6.63. The quantitative estimate of drug-likeness (QED) is 0.188. The molecule has 1 aliphatic heterocycles. The Morgan fingerprint density at radius 1 is 0.423 bits per heavy atom. The van der Waals surface area contributed by atoms with Crippen LogP contribution in [0.3, 0.4) is 0 Å². The topological polar surface area (TPSA) is 58.8 Å². The smallest absolute Gasteiger partial charge is 0.160 e. The molecule has 2 heterocycles. The first-order valence-corrected chi connectivity index (χ1v) is 17.4. The number of nitriles is 1. The zero-order chi connectivity index (χ0) is 34.6. The van der Waals surface area contributed by atoms with Crippen LogP contribution >= 0.6 is 0 Å². The van der Waals surface area contributed by atoms with Crippen molar-refractivity contribution in [3.63, 3.8) is 0 Å². The van der Waals surface area contributed by atoms with E-state index in [1.165, 1.54) is 22.3 Å². The lowest BCUT2D eigenvalue weighted by molar-refractivity contribution is 0.436. The van der Waals surface area contributed by atoms with Crippen LogP contribution in [0, 0.1) is 11.3 Å². The van der Waals surface area contributed by atoms with Gasteiger partial charge in [0, 0.05) is 27.8 Å². The SMILES string of the molecule is N#Cc1ccc(-c2ccc3c(c2)C2(c4ccccc4Oc4ccccc42)c2cc(-c4cc(-c5ccccc5)nc(-c5ccccc5)n4)ccc2-3)cc1. The molecule has 0 amide bonds. The molecular formula is C48H29N3O. The van der Waals surface area contributed by atoms with Gasteiger partial charge in [0.15, 0.2) is 5.82 Å². The molecular weight excluding hydrogens is 635 g/mol. The minimum atomic E-state index is -0.660. The summed E-state index contributed by atoms with van der Waals surface area (Å²) in [7, 11) is 0. The zero-order valence-electron chi connectivity index (χ0n) is 28.0. The molecule has 0 bridgehead atoms. The van der Waals surface area contributed by atoms with Crippen LogP contribution < -0.4 is 4.74 Å². The summed E-state index contributed by atoms with van der Waals surface area (Å²) in [6.45, 7) is 0. The standard InChI is InChI=1S/C48H29N3O/c49-30-31-19-21-32(22-20-31)35-23-25-37-38-26-24-36(44-29-43(33-11-3-1-4-12-33)50-47(51-44)34-13-5-2-6-14-34)28-42(38)48(41(37)27-35)39-15-7-9-17-45(39)52-46-18-10-8-16-40(46)48/h1-29H. The molecule has 2 aliphatic rings. The largest absolute Gasteiger partial charge is 0.457 e. The number of benzene rings is 7. The zero-order valence-corrected chi connectivity index (χ0v) is 28.0. The van der Waals surface area contributed by atoms with Gasteiger partial charge in [-0.25, -0.2) is 9.97 Å². The van der Waals surface area contributed by atoms with E-state index >= 15 is 0 Å². The monoisotopic (exact) mass is 663 g/mol. The molecule has 0 unspecified atom stereocenters. The third-order valence-corrected chi connectivity index (χ3v) is 10.4. The van der Waals surface area contributed by atoms with Crippen LogP contribution in [-0.4, -0.2) is 9.97 Å². The molecule has 1 aromatic heterocycles. The maximum absolute atomic E-state index is 9.46. The van der Waals surface area contributed by atoms with Crippen molar-refractivity contribution >= 4 is 0 Å². The fourth-order valence-corrected chi connectivity index (χ4v) is 8.04. The van der Waals surface area contributed by atoms with E-state index in [0.717, 1.165) is 61.8 Å². The number of aromatic nitrogens is 2. The van der Waals surface area contributed by atoms with Crippen molar-refractivity contribution in [1.29, 1.82) is 5.26 Å². The number of ether oxygens (including phenoxy) is 1. The van der Waals surface area contributed by atoms with E-state index in [1.54, 1.807) is 0 Å². The number of para-hydroxylation sites is 2. The summed E-state index contributed by atoms with van der Waals surface area (Å²) in [6.07, 6.45) is 0. The van der Waals surface area contributed by atoms with Crippen LogP contribution in [0.2, 0.25) is 0 Å². The summed E-state index contributed by atoms with van der Waals surface area (Å²) in [4.78, 5) is 10.3. The van der Waals surface area contributed by atoms with Crippen molar-refractivity contribution in [3.05, 3.63) is 204 Å². The minimum Gasteiger partial charge on any atom is -0.457 e. The molecule has 0 saturated heterocycles. The van der Waals surface area contributed by atoms with E-state index in [2.05, 4.69) is 109 Å². The number of fused-ring (bicyclic) bond motifs is 9. The fourth-order valence-electron chi connectivity index (χ4n) is 8.04. The number of nitrogens with zero attached hydrogens (tertiary/aromatic N) is 3. The Balaban J connectivity index is 1.25. The summed E-state index contributed by atoms with van der Waals surface area (Å²) >= 11 is 0. The van der Waals surface area contributed by atoms with Gasteiger partial charge in [-0.2, -0.15) is 5.26 Å². The Hall–Kier alpha value is -7.09. The number of hydrogen-bond acceptors (Lipinski definition) is 4. The van der Waals surface area contributed by atoms with Crippen LogP contribution in [0.15, 0.2) is 176 Å². The highest BCUT2D eigenvalue weighted by Crippen LogP contribution is 2.62. The third kappa shape index (κ3) is 4.54. The van der Waals surface area contributed by atoms with Crippen molar-refractivity contribution in [1.82, 2.24) is 9.97 Å². The van der Waals surface area contributed by atoms with Crippen LogP contribution in [0.25, 0.3) is 56.2 Å². The highest BCUT2D eigenvalue weighted by molar-refractivity contribution is 5.92. The second-order valence-corrected chi connectivity index (χ2v) is 13.2. The lowest BCUT2D eigenvalue weighted by Crippen LogP contribution is -2.32. The highest BCUT2D eigenvalue weighted by Gasteiger charge is 2.51. The predicted molar refractivity (Wildman–Crippen MR) is 206 cm³/mol. The first-order valence-electron chi connectivity index (χ1n) is 17.4. The highest BCUT2D eigenvalue weighted by atomic mass is 16.5. The predicted octanol–water partition coefficient (Wildman–Crippen LogP) is 11.5. The fraction of sp³-hybridized carbons (Fsp3) is 0.0208. The molecule has 10 rings (SSSR count). The average molecular weight is 664 g/mol. The van der Waals surface area contributed by atoms with Crippen molar-refractivity contribution in [2.24, 2.45) is 0 Å². The molecule has 4 heteroatoms. The molecule has 1 spiro atoms. The van der Waals surface area contributed by atoms with Gasteiger partial charge >= 0.3 is 0 Å². The van der Waals surface area contributed by atoms with Gasteiger partial charge in [-0.1, -0.05) is 133 Å². The molecule has 0 radical (unpaired) electrons. The van der Waals surface area contributed by atoms with Crippen molar-refractivity contribution in [2.45, 2.75) is 5.41 Å². The normalized spacial score (nSPS) is 12.9. The van der Waals surface area contributed by atoms with E-state index in [-0.39, 0.29) is 0 Å². The minimum absolute atomic E-state index is 0.643. The van der Waals surface area contributed by atoms with Gasteiger partial charge in [-0.15, -0.1) is 0 Å². The number of rotatable bonds is 4. The Morgan fingerprint density at radius 2 is 0.923 bits per heavy atom. The molecule has 4 nitrogen and oxygen atoms in total. The van der Waals surface area contributed by atoms with Crippen LogP contribution in [0.1, 0.15) is 27.8 Å². The van der Waals surface area contributed by atoms with Gasteiger partial charge < -0.3 is 4.74 Å². The van der Waals surface area contributed by atoms with Crippen molar-refractivity contribution in [3.8, 4) is 73.7 Å². The summed E-state index contributed by atoms with van der Waals surface area (Å²) in [5.74, 6) is 2.37. The maximum Gasteiger partial charge on any atom is 0.160 e. The van der Waals surface area contributed by atoms with Gasteiger partial charge in [-0.05, 0) is 75.8 Å². The molecule has 0 atom stereocenters. The van der Waals surface area contributed by atoms with Crippen molar-refractivity contribution < 1.29 is 4.74 Å². The van der Waals surface area contributed by atoms with Crippen LogP contribution in [-0.2, 0) is 5.41 Å². The molecule has 1 aliphatic carbocycles. The Kier molecular flexibility index (Phi) is 6.74. The Bertz CT molecular complexity index is 2610. The summed E-state index contributed by atoms with van der Waals surface area (Å²) in [6, 6.07) is 63.1. The lowest BCUT2D eigenvalue weighted by Gasteiger charge is -2.39. The van der Waals surface area contributed by atoms with Gasteiger partial charge in [0.2, 0.25) is 0 Å². The molecule has 242 valence electrons. The maximum atomic E-state index is 9.46. The van der Waals surface area contributed by atoms with Crippen molar-refractivity contribution in [2.75, 3.05) is 0 Å². The van der Waals surface area contributed by atoms with Gasteiger partial charge in [0.05, 0.1) is 28.4 Å². The molecule has 7 aromatic carbocycles. The van der Waals surface area contributed by atoms with E-state index < -0.39 is 5.41 Å². The first kappa shape index (κ1) is 29.8. The molecule has 0 saturated carbocycles. The van der Waals surface area contributed by atoms with Crippen LogP contribution in [0.4, 0.5) is 0 Å². The van der Waals surface area contributed by atoms with Gasteiger partial charge in [0.1, 0.15) is 11.5 Å². The average Bonchev–Trinajstić information content (AvgIpc) is 3.50. The molecule has 0 N–H and O–H groups in total. The van der Waals surface area contributed by atoms with Gasteiger partial charge in [0.25, 0.3) is 0 Å². The summed E-state index contributed by atoms with van der Waals surface area (Å²) in [5.41, 5.74) is 13.8. The van der Waals surface area contributed by atoms with E-state index in [1.807, 2.05) is 72.8 Å². The molecule has 0 fully saturated rings. The van der Waals surface area contributed by atoms with E-state index in [0.29, 0.717) is 11.4 Å². The Morgan fingerprint density at radius 3 is 1.54 bits per heavy atom. The van der Waals surface area contributed by atoms with Gasteiger partial charge in [-0.3, -0.25) is 0 Å². The third-order valence-electron chi connectivity index (χ3n) is 10.4. The number of hydrogen-bond donors (Lipinski definition) is 0. The van der Waals surface area contributed by atoms with E-state index in [4.69, 9.17) is 14.7 Å². The first-order chi connectivity index (χ1) is 25.7. The van der Waals surface area contributed by atoms with Crippen LogP contribution in [0.5, 0.6) is 11.5 Å². The lowest BCUT2D eigenvalue weighted by atomic mass is 9.65. The van der Waals surface area contributed by atoms with E-state index in [9.17, 15) is 5.26 Å². The second-order valence-electron chi connectivity index (χ2n) is 13.2. The molecule has 52 heavy (non-hydrogen) atoms. The Labute approximate surface area is 301 Å². The summed E-state index contributed by atoms with van der Waals surface area (Å²) in [5, 5.41) is 9.46. The molecule has 8 aromatic rings.